The van der Waals surface area contributed by atoms with E-state index in [1.807, 2.05) is 18.2 Å². The van der Waals surface area contributed by atoms with E-state index >= 15 is 0 Å². The molecule has 2 aliphatic rings. The first kappa shape index (κ1) is 17.3. The predicted octanol–water partition coefficient (Wildman–Crippen LogP) is 1.56. The Morgan fingerprint density at radius 3 is 2.88 bits per heavy atom. The summed E-state index contributed by atoms with van der Waals surface area (Å²) in [5.74, 6) is 1.21. The number of pyridine rings is 1. The minimum Gasteiger partial charge on any atom is -0.506 e. The number of aromatic hydroxyl groups is 1. The van der Waals surface area contributed by atoms with Gasteiger partial charge >= 0.3 is 0 Å². The second kappa shape index (κ2) is 6.54. The van der Waals surface area contributed by atoms with Gasteiger partial charge in [-0.3, -0.25) is 9.88 Å². The lowest BCUT2D eigenvalue weighted by atomic mass is 9.74. The first-order valence-corrected chi connectivity index (χ1v) is 8.90. The van der Waals surface area contributed by atoms with Gasteiger partial charge in [-0.1, -0.05) is 18.2 Å². The summed E-state index contributed by atoms with van der Waals surface area (Å²) in [5, 5.41) is 30.2. The fourth-order valence-electron chi connectivity index (χ4n) is 4.31. The third kappa shape index (κ3) is 2.65. The van der Waals surface area contributed by atoms with E-state index in [0.717, 1.165) is 17.9 Å². The molecule has 0 aliphatic carbocycles. The number of aromatic nitrogens is 1. The summed E-state index contributed by atoms with van der Waals surface area (Å²) in [5.41, 5.74) is 2.69. The number of benzene rings is 1. The van der Waals surface area contributed by atoms with Gasteiger partial charge < -0.3 is 20.1 Å². The Balaban J connectivity index is 1.65. The molecule has 0 amide bonds. The molecule has 26 heavy (non-hydrogen) atoms. The SMILES string of the molecule is Cc1ncc(CO)c(CN2C[C@@H]3c4ccccc4OC[C@]3(CO)C2)c1O. The molecule has 1 fully saturated rings. The Labute approximate surface area is 152 Å². The smallest absolute Gasteiger partial charge is 0.141 e. The molecule has 0 spiro atoms. The minimum atomic E-state index is -0.342. The van der Waals surface area contributed by atoms with E-state index in [-0.39, 0.29) is 30.3 Å². The average Bonchev–Trinajstić information content (AvgIpc) is 3.05. The van der Waals surface area contributed by atoms with Gasteiger partial charge in [-0.15, -0.1) is 0 Å². The van der Waals surface area contributed by atoms with Crippen molar-refractivity contribution in [3.63, 3.8) is 0 Å². The zero-order valence-electron chi connectivity index (χ0n) is 14.9. The number of rotatable bonds is 4. The normalized spacial score (nSPS) is 24.8. The Bertz CT molecular complexity index is 825. The number of hydrogen-bond acceptors (Lipinski definition) is 6. The molecule has 6 heteroatoms. The van der Waals surface area contributed by atoms with Gasteiger partial charge in [0.15, 0.2) is 0 Å². The molecule has 2 atom stereocenters. The van der Waals surface area contributed by atoms with Crippen LogP contribution in [0.5, 0.6) is 11.5 Å². The van der Waals surface area contributed by atoms with Crippen molar-refractivity contribution < 1.29 is 20.1 Å². The van der Waals surface area contributed by atoms with Crippen LogP contribution in [0.15, 0.2) is 30.5 Å². The fourth-order valence-corrected chi connectivity index (χ4v) is 4.31. The maximum Gasteiger partial charge on any atom is 0.141 e. The molecule has 2 aliphatic heterocycles. The van der Waals surface area contributed by atoms with E-state index < -0.39 is 0 Å². The second-order valence-electron chi connectivity index (χ2n) is 7.42. The predicted molar refractivity (Wildman–Crippen MR) is 96.0 cm³/mol. The van der Waals surface area contributed by atoms with Crippen molar-refractivity contribution in [3.8, 4) is 11.5 Å². The molecule has 0 bridgehead atoms. The van der Waals surface area contributed by atoms with Gasteiger partial charge in [-0.25, -0.2) is 0 Å². The first-order chi connectivity index (χ1) is 12.6. The van der Waals surface area contributed by atoms with Crippen LogP contribution in [-0.2, 0) is 13.2 Å². The van der Waals surface area contributed by atoms with Crippen molar-refractivity contribution in [1.29, 1.82) is 0 Å². The highest BCUT2D eigenvalue weighted by Crippen LogP contribution is 2.49. The Kier molecular flexibility index (Phi) is 4.34. The number of nitrogens with zero attached hydrogens (tertiary/aromatic N) is 2. The standard InChI is InChI=1S/C20H24N2O4/c1-13-19(25)16(14(9-23)6-21-13)7-22-8-17-15-4-2-3-5-18(15)26-12-20(17,10-22)11-24/h2-6,17,23-25H,7-12H2,1H3/t17-,20-/m1/s1. The average molecular weight is 356 g/mol. The van der Waals surface area contributed by atoms with Gasteiger partial charge in [0.1, 0.15) is 11.5 Å². The zero-order valence-corrected chi connectivity index (χ0v) is 14.9. The number of likely N-dealkylation sites (tertiary alicyclic amines) is 1. The molecular formula is C20H24N2O4. The maximum absolute atomic E-state index is 10.4. The van der Waals surface area contributed by atoms with Gasteiger partial charge in [0, 0.05) is 48.3 Å². The zero-order chi connectivity index (χ0) is 18.3. The first-order valence-electron chi connectivity index (χ1n) is 8.90. The van der Waals surface area contributed by atoms with E-state index in [1.165, 1.54) is 0 Å². The molecule has 4 rings (SSSR count). The molecule has 0 unspecified atom stereocenters. The van der Waals surface area contributed by atoms with E-state index in [9.17, 15) is 15.3 Å². The maximum atomic E-state index is 10.4. The summed E-state index contributed by atoms with van der Waals surface area (Å²) in [6, 6.07) is 8.00. The van der Waals surface area contributed by atoms with E-state index in [2.05, 4.69) is 16.0 Å². The number of aliphatic hydroxyl groups excluding tert-OH is 2. The van der Waals surface area contributed by atoms with Crippen molar-refractivity contribution >= 4 is 0 Å². The van der Waals surface area contributed by atoms with Crippen LogP contribution in [-0.4, -0.2) is 51.5 Å². The molecule has 3 N–H and O–H groups in total. The largest absolute Gasteiger partial charge is 0.506 e. The van der Waals surface area contributed by atoms with Crippen molar-refractivity contribution in [1.82, 2.24) is 9.88 Å². The Hall–Kier alpha value is -2.15. The molecule has 1 aromatic carbocycles. The van der Waals surface area contributed by atoms with Crippen molar-refractivity contribution in [3.05, 3.63) is 52.8 Å². The molecule has 3 heterocycles. The Morgan fingerprint density at radius 1 is 1.31 bits per heavy atom. The van der Waals surface area contributed by atoms with Gasteiger partial charge in [0.05, 0.1) is 25.5 Å². The highest BCUT2D eigenvalue weighted by atomic mass is 16.5. The lowest BCUT2D eigenvalue weighted by Crippen LogP contribution is -2.42. The van der Waals surface area contributed by atoms with E-state index in [1.54, 1.807) is 13.1 Å². The number of fused-ring (bicyclic) bond motifs is 3. The van der Waals surface area contributed by atoms with Crippen molar-refractivity contribution in [2.24, 2.45) is 5.41 Å². The number of aryl methyl sites for hydroxylation is 1. The van der Waals surface area contributed by atoms with Crippen LogP contribution >= 0.6 is 0 Å². The fraction of sp³-hybridized carbons (Fsp3) is 0.450. The van der Waals surface area contributed by atoms with Crippen molar-refractivity contribution in [2.75, 3.05) is 26.3 Å². The summed E-state index contributed by atoms with van der Waals surface area (Å²) in [7, 11) is 0. The van der Waals surface area contributed by atoms with Crippen LogP contribution in [0.4, 0.5) is 0 Å². The van der Waals surface area contributed by atoms with Crippen LogP contribution < -0.4 is 4.74 Å². The molecule has 0 radical (unpaired) electrons. The van der Waals surface area contributed by atoms with E-state index in [0.29, 0.717) is 36.5 Å². The number of hydrogen-bond donors (Lipinski definition) is 3. The van der Waals surface area contributed by atoms with Gasteiger partial charge in [-0.05, 0) is 18.6 Å². The monoisotopic (exact) mass is 356 g/mol. The Morgan fingerprint density at radius 2 is 2.12 bits per heavy atom. The lowest BCUT2D eigenvalue weighted by molar-refractivity contribution is 0.0457. The summed E-state index contributed by atoms with van der Waals surface area (Å²) in [6.07, 6.45) is 1.62. The molecule has 0 saturated carbocycles. The van der Waals surface area contributed by atoms with Crippen molar-refractivity contribution in [2.45, 2.75) is 26.0 Å². The van der Waals surface area contributed by atoms with Crippen LogP contribution in [0.3, 0.4) is 0 Å². The third-order valence-corrected chi connectivity index (χ3v) is 5.83. The minimum absolute atomic E-state index is 0.0523. The summed E-state index contributed by atoms with van der Waals surface area (Å²) < 4.78 is 5.93. The lowest BCUT2D eigenvalue weighted by Gasteiger charge is -2.38. The molecule has 138 valence electrons. The summed E-state index contributed by atoms with van der Waals surface area (Å²) in [6.45, 7) is 4.08. The van der Waals surface area contributed by atoms with Gasteiger partial charge in [-0.2, -0.15) is 0 Å². The van der Waals surface area contributed by atoms with Gasteiger partial charge in [0.2, 0.25) is 0 Å². The number of aliphatic hydroxyl groups is 2. The number of para-hydroxylation sites is 1. The van der Waals surface area contributed by atoms with Crippen LogP contribution in [0.25, 0.3) is 0 Å². The van der Waals surface area contributed by atoms with Crippen LogP contribution in [0.2, 0.25) is 0 Å². The summed E-state index contributed by atoms with van der Waals surface area (Å²) in [4.78, 5) is 6.35. The van der Waals surface area contributed by atoms with Gasteiger partial charge in [0.25, 0.3) is 0 Å². The molecule has 2 aromatic rings. The highest BCUT2D eigenvalue weighted by Gasteiger charge is 2.50. The number of ether oxygens (including phenoxy) is 1. The topological polar surface area (TPSA) is 86.1 Å². The van der Waals surface area contributed by atoms with Crippen LogP contribution in [0, 0.1) is 12.3 Å². The molecule has 6 nitrogen and oxygen atoms in total. The molecular weight excluding hydrogens is 332 g/mol. The quantitative estimate of drug-likeness (QED) is 0.771. The highest BCUT2D eigenvalue weighted by molar-refractivity contribution is 5.43. The molecule has 1 saturated heterocycles. The molecule has 1 aromatic heterocycles. The third-order valence-electron chi connectivity index (χ3n) is 5.83. The van der Waals surface area contributed by atoms with E-state index in [4.69, 9.17) is 4.74 Å². The summed E-state index contributed by atoms with van der Waals surface area (Å²) >= 11 is 0. The second-order valence-corrected chi connectivity index (χ2v) is 7.42. The van der Waals surface area contributed by atoms with Crippen LogP contribution in [0.1, 0.15) is 28.3 Å².